The fourth-order valence-corrected chi connectivity index (χ4v) is 6.33. The van der Waals surface area contributed by atoms with Crippen LogP contribution in [-0.4, -0.2) is 46.4 Å². The smallest absolute Gasteiger partial charge is 0.550 e. The van der Waals surface area contributed by atoms with Gasteiger partial charge in [0.05, 0.1) is 25.2 Å². The maximum Gasteiger partial charge on any atom is 1.00 e. The van der Waals surface area contributed by atoms with Gasteiger partial charge in [-0.25, -0.2) is 0 Å². The Labute approximate surface area is 248 Å². The largest absolute Gasteiger partial charge is 1.00 e. The van der Waals surface area contributed by atoms with Crippen LogP contribution < -0.4 is 44.5 Å². The molecule has 11 heteroatoms. The third-order valence-electron chi connectivity index (χ3n) is 6.96. The van der Waals surface area contributed by atoms with Crippen molar-refractivity contribution in [3.8, 4) is 5.69 Å². The summed E-state index contributed by atoms with van der Waals surface area (Å²) >= 11 is 16.9. The normalized spacial score (nSPS) is 18.8. The molecule has 0 bridgehead atoms. The van der Waals surface area contributed by atoms with Crippen molar-refractivity contribution in [1.29, 1.82) is 0 Å². The van der Waals surface area contributed by atoms with Crippen molar-refractivity contribution in [1.82, 2.24) is 19.2 Å². The number of aryl methyl sites for hydroxylation is 2. The topological polar surface area (TPSA) is 88.7 Å². The van der Waals surface area contributed by atoms with Gasteiger partial charge in [-0.2, -0.15) is 0 Å². The standard InChI is InChI=1S/C25H30ClN5O2S2.Na/c1-16-12-18(26)13-17(2)23(16)31(11-8-21(31)15-22(32)33)10-4-3-9-27-19-6-5-7-20(14-19)30-24(34)28-29-25(30)35;/h5-7,12-14,21,27H,3-4,8-11,15H2,1-2H3,(H2-,28,29,32,33,34,35);/q;+1. The van der Waals surface area contributed by atoms with E-state index in [2.05, 4.69) is 29.4 Å². The number of likely N-dealkylation sites (tertiary alicyclic amines) is 1. The van der Waals surface area contributed by atoms with Crippen LogP contribution in [-0.2, 0) is 4.79 Å². The zero-order valence-electron chi connectivity index (χ0n) is 20.9. The van der Waals surface area contributed by atoms with E-state index in [0.29, 0.717) is 19.0 Å². The summed E-state index contributed by atoms with van der Waals surface area (Å²) in [6, 6.07) is 12.0. The van der Waals surface area contributed by atoms with Gasteiger partial charge >= 0.3 is 29.6 Å². The molecule has 1 aliphatic heterocycles. The Bertz CT molecular complexity index is 1300. The van der Waals surface area contributed by atoms with Gasteiger partial charge in [0.25, 0.3) is 0 Å². The number of carboxylic acid groups (broad SMARTS) is 1. The van der Waals surface area contributed by atoms with Crippen molar-refractivity contribution in [3.63, 3.8) is 0 Å². The van der Waals surface area contributed by atoms with Gasteiger partial charge in [-0.1, -0.05) is 17.7 Å². The number of benzene rings is 2. The minimum atomic E-state index is -0.981. The number of quaternary nitrogens is 1. The molecule has 186 valence electrons. The zero-order chi connectivity index (χ0) is 25.2. The molecule has 0 saturated carbocycles. The van der Waals surface area contributed by atoms with Crippen LogP contribution in [0.3, 0.4) is 0 Å². The number of unbranched alkanes of at least 4 members (excludes halogenated alkanes) is 1. The van der Waals surface area contributed by atoms with Crippen molar-refractivity contribution in [2.45, 2.75) is 45.6 Å². The molecule has 1 fully saturated rings. The summed E-state index contributed by atoms with van der Waals surface area (Å²) in [5.74, 6) is -0.981. The molecule has 0 radical (unpaired) electrons. The first-order valence-corrected chi connectivity index (χ1v) is 13.0. The molecule has 2 heterocycles. The second kappa shape index (κ2) is 12.4. The number of rotatable bonds is 10. The van der Waals surface area contributed by atoms with E-state index < -0.39 is 5.97 Å². The summed E-state index contributed by atoms with van der Waals surface area (Å²) in [5, 5.41) is 21.4. The number of nitrogens with zero attached hydrogens (tertiary/aromatic N) is 2. The van der Waals surface area contributed by atoms with Crippen LogP contribution in [0, 0.1) is 23.4 Å². The molecule has 36 heavy (non-hydrogen) atoms. The Morgan fingerprint density at radius 3 is 2.42 bits per heavy atom. The number of hydrogen-bond acceptors (Lipinski definition) is 5. The van der Waals surface area contributed by atoms with E-state index in [4.69, 9.17) is 36.0 Å². The summed E-state index contributed by atoms with van der Waals surface area (Å²) in [6.45, 7) is 6.77. The van der Waals surface area contributed by atoms with Gasteiger partial charge in [-0.15, -0.1) is 0 Å². The summed E-state index contributed by atoms with van der Waals surface area (Å²) in [6.07, 6.45) is 2.89. The Morgan fingerprint density at radius 1 is 1.17 bits per heavy atom. The van der Waals surface area contributed by atoms with Crippen LogP contribution in [0.4, 0.5) is 11.4 Å². The number of anilines is 1. The van der Waals surface area contributed by atoms with Crippen molar-refractivity contribution in [2.24, 2.45) is 0 Å². The average Bonchev–Trinajstić information content (AvgIpc) is 3.12. The summed E-state index contributed by atoms with van der Waals surface area (Å²) < 4.78 is 3.52. The molecule has 1 aromatic heterocycles. The monoisotopic (exact) mass is 554 g/mol. The molecule has 0 amide bonds. The third kappa shape index (κ3) is 6.15. The summed E-state index contributed by atoms with van der Waals surface area (Å²) in [7, 11) is 0. The van der Waals surface area contributed by atoms with Gasteiger partial charge in [-0.05, 0) is 81.5 Å². The van der Waals surface area contributed by atoms with Gasteiger partial charge in [0.2, 0.25) is 0 Å². The van der Waals surface area contributed by atoms with Crippen LogP contribution in [0.5, 0.6) is 0 Å². The first-order chi connectivity index (χ1) is 16.7. The quantitative estimate of drug-likeness (QED) is 0.154. The molecule has 2 atom stereocenters. The van der Waals surface area contributed by atoms with Crippen molar-refractivity contribution in [3.05, 3.63) is 62.1 Å². The van der Waals surface area contributed by atoms with E-state index in [9.17, 15) is 9.90 Å². The van der Waals surface area contributed by atoms with Gasteiger partial charge in [0.1, 0.15) is 11.7 Å². The van der Waals surface area contributed by atoms with Gasteiger partial charge in [0.15, 0.2) is 9.54 Å². The van der Waals surface area contributed by atoms with E-state index in [1.165, 1.54) is 5.69 Å². The zero-order valence-corrected chi connectivity index (χ0v) is 25.3. The first kappa shape index (κ1) is 29.1. The number of aliphatic carboxylic acids is 1. The molecule has 1 saturated heterocycles. The fourth-order valence-electron chi connectivity index (χ4n) is 5.45. The molecule has 4 rings (SSSR count). The Balaban J connectivity index is 0.00000361. The van der Waals surface area contributed by atoms with Crippen molar-refractivity contribution >= 4 is 53.4 Å². The molecule has 2 unspecified atom stereocenters. The molecule has 3 N–H and O–H groups in total. The molecular weight excluding hydrogens is 525 g/mol. The second-order valence-corrected chi connectivity index (χ2v) is 10.5. The van der Waals surface area contributed by atoms with Crippen molar-refractivity contribution < 1.29 is 39.5 Å². The Hall–Kier alpha value is -1.46. The molecule has 7 nitrogen and oxygen atoms in total. The molecule has 0 spiro atoms. The Morgan fingerprint density at radius 2 is 1.83 bits per heavy atom. The number of aromatic nitrogens is 3. The number of halogens is 1. The number of hydrogen-bond donors (Lipinski definition) is 3. The van der Waals surface area contributed by atoms with Crippen molar-refractivity contribution in [2.75, 3.05) is 25.0 Å². The minimum absolute atomic E-state index is 0. The molecule has 1 aliphatic rings. The summed E-state index contributed by atoms with van der Waals surface area (Å²) in [4.78, 5) is 11.5. The van der Waals surface area contributed by atoms with Crippen LogP contribution in [0.1, 0.15) is 36.8 Å². The van der Waals surface area contributed by atoms with Gasteiger partial charge in [0, 0.05) is 40.8 Å². The average molecular weight is 555 g/mol. The molecule has 0 aliphatic carbocycles. The SMILES string of the molecule is Cc1cc(Cl)cc(C)c1[N+]1(CCCCNc2cccc(-n3c(=S)[nH][nH]c3=S)c2)CCC1CC(=O)[O-].[Na+]. The van der Waals surface area contributed by atoms with Gasteiger partial charge < -0.3 is 15.2 Å². The number of carbonyl (C=O) groups is 1. The predicted octanol–water partition coefficient (Wildman–Crippen LogP) is 1.98. The number of carbonyl (C=O) groups excluding carboxylic acids is 1. The number of carboxylic acids is 1. The van der Waals surface area contributed by atoms with Crippen LogP contribution in [0.2, 0.25) is 5.02 Å². The Kier molecular flexibility index (Phi) is 10.0. The van der Waals surface area contributed by atoms with Crippen LogP contribution >= 0.6 is 36.0 Å². The van der Waals surface area contributed by atoms with Crippen LogP contribution in [0.15, 0.2) is 36.4 Å². The third-order valence-corrected chi connectivity index (χ3v) is 7.75. The maximum absolute atomic E-state index is 11.5. The van der Waals surface area contributed by atoms with E-state index in [0.717, 1.165) is 61.4 Å². The molecular formula is C25H30ClN5NaO2S2+. The minimum Gasteiger partial charge on any atom is -0.550 e. The summed E-state index contributed by atoms with van der Waals surface area (Å²) in [5.41, 5.74) is 5.34. The number of nitrogens with one attached hydrogen (secondary N) is 3. The van der Waals surface area contributed by atoms with E-state index in [1.807, 2.05) is 36.4 Å². The predicted molar refractivity (Wildman–Crippen MR) is 144 cm³/mol. The maximum atomic E-state index is 11.5. The van der Waals surface area contributed by atoms with E-state index in [1.54, 1.807) is 4.57 Å². The molecule has 2 aromatic carbocycles. The van der Waals surface area contributed by atoms with E-state index >= 15 is 0 Å². The van der Waals surface area contributed by atoms with Gasteiger partial charge in [-0.3, -0.25) is 19.2 Å². The van der Waals surface area contributed by atoms with E-state index in [-0.39, 0.29) is 42.0 Å². The fraction of sp³-hybridized carbons (Fsp3) is 0.400. The number of aromatic amines is 2. The first-order valence-electron chi connectivity index (χ1n) is 11.8. The van der Waals surface area contributed by atoms with Crippen LogP contribution in [0.25, 0.3) is 5.69 Å². The number of H-pyrrole nitrogens is 2. The second-order valence-electron chi connectivity index (χ2n) is 9.27. The molecule has 3 aromatic rings.